The molecule has 2 amide bonds. The van der Waals surface area contributed by atoms with Gasteiger partial charge in [0.2, 0.25) is 5.91 Å². The Hall–Kier alpha value is -4.14. The zero-order valence-electron chi connectivity index (χ0n) is 22.0. The summed E-state index contributed by atoms with van der Waals surface area (Å²) in [7, 11) is 0. The van der Waals surface area contributed by atoms with Crippen molar-refractivity contribution in [3.8, 4) is 0 Å². The molecule has 2 unspecified atom stereocenters. The molecule has 1 aliphatic rings. The van der Waals surface area contributed by atoms with Crippen LogP contribution in [0.25, 0.3) is 0 Å². The monoisotopic (exact) mass is 522 g/mol. The van der Waals surface area contributed by atoms with E-state index in [4.69, 9.17) is 14.2 Å². The van der Waals surface area contributed by atoms with E-state index in [2.05, 4.69) is 17.2 Å². The Morgan fingerprint density at radius 2 is 1.63 bits per heavy atom. The van der Waals surface area contributed by atoms with Crippen LogP contribution in [-0.2, 0) is 25.6 Å². The molecular weight excluding hydrogens is 488 g/mol. The van der Waals surface area contributed by atoms with Crippen molar-refractivity contribution in [3.63, 3.8) is 0 Å². The molecule has 2 aromatic carbocycles. The number of hydrogen-bond acceptors (Lipinski definition) is 7. The summed E-state index contributed by atoms with van der Waals surface area (Å²) >= 11 is 0. The second-order valence-corrected chi connectivity index (χ2v) is 10.0. The predicted octanol–water partition coefficient (Wildman–Crippen LogP) is 5.02. The van der Waals surface area contributed by atoms with Gasteiger partial charge in [0.15, 0.2) is 0 Å². The lowest BCUT2D eigenvalue weighted by molar-refractivity contribution is -0.120. The maximum Gasteiger partial charge on any atom is 0.407 e. The fourth-order valence-corrected chi connectivity index (χ4v) is 4.10. The molecule has 0 aliphatic heterocycles. The smallest absolute Gasteiger partial charge is 0.407 e. The van der Waals surface area contributed by atoms with Gasteiger partial charge >= 0.3 is 18.0 Å². The van der Waals surface area contributed by atoms with Gasteiger partial charge in [0.25, 0.3) is 0 Å². The van der Waals surface area contributed by atoms with Crippen molar-refractivity contribution in [1.29, 1.82) is 0 Å². The van der Waals surface area contributed by atoms with Gasteiger partial charge in [0.05, 0.1) is 17.0 Å². The number of alkyl carbamates (subject to hydrolysis) is 1. The average molecular weight is 523 g/mol. The highest BCUT2D eigenvalue weighted by molar-refractivity contribution is 6.00. The van der Waals surface area contributed by atoms with Crippen LogP contribution in [0.1, 0.15) is 66.3 Å². The Kier molecular flexibility index (Phi) is 9.65. The van der Waals surface area contributed by atoms with Gasteiger partial charge < -0.3 is 24.8 Å². The number of nitrogens with one attached hydrogen (secondary N) is 2. The van der Waals surface area contributed by atoms with Gasteiger partial charge in [-0.1, -0.05) is 49.4 Å². The van der Waals surface area contributed by atoms with Gasteiger partial charge in [-0.05, 0) is 57.4 Å². The largest absolute Gasteiger partial charge is 0.458 e. The van der Waals surface area contributed by atoms with E-state index >= 15 is 0 Å². The standard InChI is InChI=1S/C29H34N2O7/c1-5-14-36-26(33)20-15-21(27(34)37-18-19-10-7-6-8-11-19)17-22(16-20)30-25(32)23-12-9-13-24(23)31-28(35)38-29(2,3)4/h5-8,10-11,15-17,23-24H,1,9,12-14,18H2,2-4H3,(H,30,32)(H,31,35). The molecule has 2 N–H and O–H groups in total. The molecule has 0 saturated heterocycles. The van der Waals surface area contributed by atoms with E-state index in [1.54, 1.807) is 20.8 Å². The Morgan fingerprint density at radius 1 is 0.974 bits per heavy atom. The van der Waals surface area contributed by atoms with Crippen LogP contribution in [0.2, 0.25) is 0 Å². The number of carbonyl (C=O) groups excluding carboxylic acids is 4. The summed E-state index contributed by atoms with van der Waals surface area (Å²) in [5.41, 5.74) is 0.538. The number of rotatable bonds is 9. The zero-order chi connectivity index (χ0) is 27.7. The van der Waals surface area contributed by atoms with Crippen molar-refractivity contribution < 1.29 is 33.4 Å². The van der Waals surface area contributed by atoms with Crippen LogP contribution < -0.4 is 10.6 Å². The lowest BCUT2D eigenvalue weighted by Crippen LogP contribution is -2.44. The number of esters is 2. The third kappa shape index (κ3) is 8.47. The van der Waals surface area contributed by atoms with E-state index < -0.39 is 35.6 Å². The molecule has 0 aromatic heterocycles. The quantitative estimate of drug-likeness (QED) is 0.270. The highest BCUT2D eigenvalue weighted by Crippen LogP contribution is 2.28. The number of carbonyl (C=O) groups is 4. The summed E-state index contributed by atoms with van der Waals surface area (Å²) in [4.78, 5) is 50.8. The molecule has 0 radical (unpaired) electrons. The van der Waals surface area contributed by atoms with Crippen molar-refractivity contribution in [2.45, 2.75) is 58.3 Å². The maximum absolute atomic E-state index is 13.2. The number of amides is 2. The molecule has 0 spiro atoms. The second kappa shape index (κ2) is 12.9. The first-order valence-electron chi connectivity index (χ1n) is 12.5. The fraction of sp³-hybridized carbons (Fsp3) is 0.379. The first kappa shape index (κ1) is 28.4. The first-order chi connectivity index (χ1) is 18.1. The molecule has 1 fully saturated rings. The Bertz CT molecular complexity index is 1170. The SMILES string of the molecule is C=CCOC(=O)c1cc(NC(=O)C2CCCC2NC(=O)OC(C)(C)C)cc(C(=O)OCc2ccccc2)c1. The molecule has 2 aromatic rings. The molecule has 9 nitrogen and oxygen atoms in total. The number of benzene rings is 2. The van der Waals surface area contributed by atoms with Crippen LogP contribution in [0, 0.1) is 5.92 Å². The third-order valence-electron chi connectivity index (χ3n) is 5.77. The van der Waals surface area contributed by atoms with Crippen LogP contribution in [-0.4, -0.2) is 42.2 Å². The zero-order valence-corrected chi connectivity index (χ0v) is 22.0. The predicted molar refractivity (Wildman–Crippen MR) is 142 cm³/mol. The minimum absolute atomic E-state index is 0.0106. The van der Waals surface area contributed by atoms with E-state index in [0.717, 1.165) is 12.0 Å². The highest BCUT2D eigenvalue weighted by Gasteiger charge is 2.35. The molecule has 9 heteroatoms. The summed E-state index contributed by atoms with van der Waals surface area (Å²) in [6.45, 7) is 8.86. The molecule has 38 heavy (non-hydrogen) atoms. The van der Waals surface area contributed by atoms with Crippen LogP contribution in [0.15, 0.2) is 61.2 Å². The van der Waals surface area contributed by atoms with Crippen LogP contribution in [0.5, 0.6) is 0 Å². The first-order valence-corrected chi connectivity index (χ1v) is 12.5. The molecule has 0 heterocycles. The van der Waals surface area contributed by atoms with Crippen LogP contribution >= 0.6 is 0 Å². The van der Waals surface area contributed by atoms with Crippen molar-refractivity contribution in [2.75, 3.05) is 11.9 Å². The molecular formula is C29H34N2O7. The molecule has 1 aliphatic carbocycles. The van der Waals surface area contributed by atoms with Gasteiger partial charge in [0.1, 0.15) is 18.8 Å². The van der Waals surface area contributed by atoms with Crippen molar-refractivity contribution in [3.05, 3.63) is 77.9 Å². The van der Waals surface area contributed by atoms with Gasteiger partial charge in [-0.15, -0.1) is 0 Å². The molecule has 202 valence electrons. The minimum Gasteiger partial charge on any atom is -0.458 e. The van der Waals surface area contributed by atoms with E-state index in [1.165, 1.54) is 24.3 Å². The Morgan fingerprint density at radius 3 is 2.26 bits per heavy atom. The van der Waals surface area contributed by atoms with Crippen molar-refractivity contribution in [1.82, 2.24) is 5.32 Å². The van der Waals surface area contributed by atoms with Crippen molar-refractivity contribution >= 4 is 29.6 Å². The minimum atomic E-state index is -0.677. The van der Waals surface area contributed by atoms with E-state index in [0.29, 0.717) is 12.8 Å². The van der Waals surface area contributed by atoms with Gasteiger partial charge in [0, 0.05) is 11.7 Å². The molecule has 2 atom stereocenters. The summed E-state index contributed by atoms with van der Waals surface area (Å²) in [5.74, 6) is -2.19. The topological polar surface area (TPSA) is 120 Å². The number of anilines is 1. The molecule has 0 bridgehead atoms. The highest BCUT2D eigenvalue weighted by atomic mass is 16.6. The summed E-state index contributed by atoms with van der Waals surface area (Å²) in [6.07, 6.45) is 2.79. The lowest BCUT2D eigenvalue weighted by atomic mass is 10.0. The van der Waals surface area contributed by atoms with E-state index in [-0.39, 0.29) is 35.9 Å². The van der Waals surface area contributed by atoms with E-state index in [9.17, 15) is 19.2 Å². The summed E-state index contributed by atoms with van der Waals surface area (Å²) in [6, 6.07) is 13.0. The van der Waals surface area contributed by atoms with Crippen LogP contribution in [0.4, 0.5) is 10.5 Å². The Labute approximate surface area is 222 Å². The fourth-order valence-electron chi connectivity index (χ4n) is 4.10. The summed E-state index contributed by atoms with van der Waals surface area (Å²) in [5, 5.41) is 5.58. The Balaban J connectivity index is 1.76. The van der Waals surface area contributed by atoms with Gasteiger partial charge in [-0.3, -0.25) is 4.79 Å². The second-order valence-electron chi connectivity index (χ2n) is 10.0. The average Bonchev–Trinajstić information content (AvgIpc) is 3.33. The van der Waals surface area contributed by atoms with E-state index in [1.807, 2.05) is 30.3 Å². The summed E-state index contributed by atoms with van der Waals surface area (Å²) < 4.78 is 15.9. The third-order valence-corrected chi connectivity index (χ3v) is 5.77. The van der Waals surface area contributed by atoms with Gasteiger partial charge in [-0.25, -0.2) is 14.4 Å². The lowest BCUT2D eigenvalue weighted by Gasteiger charge is -2.24. The van der Waals surface area contributed by atoms with Crippen molar-refractivity contribution in [2.24, 2.45) is 5.92 Å². The molecule has 1 saturated carbocycles. The van der Waals surface area contributed by atoms with Gasteiger partial charge in [-0.2, -0.15) is 0 Å². The normalized spacial score (nSPS) is 16.7. The molecule has 3 rings (SSSR count). The maximum atomic E-state index is 13.2. The van der Waals surface area contributed by atoms with Crippen LogP contribution in [0.3, 0.4) is 0 Å². The number of ether oxygens (including phenoxy) is 3. The number of hydrogen-bond donors (Lipinski definition) is 2.